The number of phenolic OH excluding ortho intramolecular Hbond substituents is 1. The van der Waals surface area contributed by atoms with Crippen LogP contribution in [0, 0.1) is 5.92 Å². The van der Waals surface area contributed by atoms with Gasteiger partial charge in [-0.3, -0.25) is 10.1 Å². The lowest BCUT2D eigenvalue weighted by Crippen LogP contribution is -2.31. The first-order valence-corrected chi connectivity index (χ1v) is 8.66. The fraction of sp³-hybridized carbons (Fsp3) is 0.350. The van der Waals surface area contributed by atoms with Crippen LogP contribution in [0.25, 0.3) is 0 Å². The van der Waals surface area contributed by atoms with Gasteiger partial charge in [-0.1, -0.05) is 31.2 Å². The van der Waals surface area contributed by atoms with Gasteiger partial charge in [-0.15, -0.1) is 0 Å². The number of hydrogen-bond acceptors (Lipinski definition) is 5. The maximum absolute atomic E-state index is 10.7. The summed E-state index contributed by atoms with van der Waals surface area (Å²) in [6.45, 7) is 2.81. The summed E-state index contributed by atoms with van der Waals surface area (Å²) in [5.74, 6) is 1.17. The van der Waals surface area contributed by atoms with E-state index < -0.39 is 0 Å². The van der Waals surface area contributed by atoms with Crippen LogP contribution in [0.4, 0.5) is 5.69 Å². The lowest BCUT2D eigenvalue weighted by Gasteiger charge is -2.21. The van der Waals surface area contributed by atoms with Gasteiger partial charge in [0.1, 0.15) is 17.7 Å². The highest BCUT2D eigenvalue weighted by atomic mass is 16.5. The molecule has 2 aromatic rings. The maximum atomic E-state index is 10.7. The van der Waals surface area contributed by atoms with E-state index in [1.807, 2.05) is 24.3 Å². The Hall–Kier alpha value is -2.57. The molecule has 0 saturated carbocycles. The number of aromatic hydroxyl groups is 1. The van der Waals surface area contributed by atoms with Crippen LogP contribution >= 0.6 is 0 Å². The maximum Gasteiger partial charge on any atom is 0.211 e. The van der Waals surface area contributed by atoms with E-state index in [4.69, 9.17) is 9.47 Å². The number of carbonyl (C=O) groups excluding carboxylic acids is 1. The second-order valence-corrected chi connectivity index (χ2v) is 6.49. The number of phenols is 1. The number of ether oxygens (including phenoxy) is 2. The van der Waals surface area contributed by atoms with Crippen molar-refractivity contribution >= 4 is 12.1 Å². The molecule has 1 unspecified atom stereocenters. The molecule has 138 valence electrons. The lowest BCUT2D eigenvalue weighted by atomic mass is 9.99. The van der Waals surface area contributed by atoms with Crippen molar-refractivity contribution in [2.75, 3.05) is 19.0 Å². The summed E-state index contributed by atoms with van der Waals surface area (Å²) >= 11 is 0. The summed E-state index contributed by atoms with van der Waals surface area (Å²) in [5, 5.41) is 15.7. The molecule has 6 nitrogen and oxygen atoms in total. The van der Waals surface area contributed by atoms with Crippen molar-refractivity contribution in [3.8, 4) is 11.5 Å². The van der Waals surface area contributed by atoms with Gasteiger partial charge < -0.3 is 19.9 Å². The number of carbonyl (C=O) groups is 1. The Bertz CT molecular complexity index is 765. The molecule has 1 aliphatic heterocycles. The van der Waals surface area contributed by atoms with Crippen LogP contribution < -0.4 is 15.4 Å². The van der Waals surface area contributed by atoms with Crippen molar-refractivity contribution in [2.24, 2.45) is 5.92 Å². The van der Waals surface area contributed by atoms with E-state index in [0.717, 1.165) is 23.3 Å². The number of rotatable bonds is 7. The highest BCUT2D eigenvalue weighted by Gasteiger charge is 2.30. The van der Waals surface area contributed by atoms with Gasteiger partial charge in [0.2, 0.25) is 6.41 Å². The van der Waals surface area contributed by atoms with E-state index in [1.54, 1.807) is 19.2 Å². The molecule has 2 aromatic carbocycles. The molecule has 26 heavy (non-hydrogen) atoms. The van der Waals surface area contributed by atoms with Gasteiger partial charge in [-0.2, -0.15) is 0 Å². The molecule has 0 aromatic heterocycles. The summed E-state index contributed by atoms with van der Waals surface area (Å²) in [4.78, 5) is 10.7. The minimum absolute atomic E-state index is 0.0351. The zero-order valence-electron chi connectivity index (χ0n) is 14.9. The molecule has 1 amide bonds. The van der Waals surface area contributed by atoms with Crippen molar-refractivity contribution in [3.63, 3.8) is 0 Å². The van der Waals surface area contributed by atoms with E-state index in [9.17, 15) is 9.90 Å². The monoisotopic (exact) mass is 356 g/mol. The summed E-state index contributed by atoms with van der Waals surface area (Å²) in [7, 11) is 1.68. The Morgan fingerprint density at radius 2 is 2.19 bits per heavy atom. The van der Waals surface area contributed by atoms with Crippen molar-refractivity contribution in [1.82, 2.24) is 5.32 Å². The third-order valence-corrected chi connectivity index (χ3v) is 4.67. The number of anilines is 1. The van der Waals surface area contributed by atoms with Crippen LogP contribution in [0.2, 0.25) is 0 Å². The quantitative estimate of drug-likeness (QED) is 0.525. The third-order valence-electron chi connectivity index (χ3n) is 4.67. The lowest BCUT2D eigenvalue weighted by molar-refractivity contribution is -0.105. The molecule has 3 atom stereocenters. The van der Waals surface area contributed by atoms with E-state index >= 15 is 0 Å². The zero-order valence-corrected chi connectivity index (χ0v) is 14.9. The van der Waals surface area contributed by atoms with E-state index in [-0.39, 0.29) is 24.0 Å². The van der Waals surface area contributed by atoms with Gasteiger partial charge in [-0.25, -0.2) is 0 Å². The van der Waals surface area contributed by atoms with E-state index in [0.29, 0.717) is 18.6 Å². The predicted octanol–water partition coefficient (Wildman–Crippen LogP) is 2.83. The Balaban J connectivity index is 1.66. The minimum atomic E-state index is -0.132. The largest absolute Gasteiger partial charge is 0.506 e. The summed E-state index contributed by atoms with van der Waals surface area (Å²) in [6, 6.07) is 13.1. The molecule has 1 fully saturated rings. The minimum Gasteiger partial charge on any atom is -0.506 e. The second kappa shape index (κ2) is 8.21. The molecular weight excluding hydrogens is 332 g/mol. The Morgan fingerprint density at radius 1 is 1.38 bits per heavy atom. The van der Waals surface area contributed by atoms with Crippen LogP contribution in [-0.4, -0.2) is 31.4 Å². The van der Waals surface area contributed by atoms with Crippen molar-refractivity contribution < 1.29 is 19.4 Å². The SMILES string of the molecule is COc1ccccc1C[C@@H](C)C1NC[C@@H](c2ccc(O)c(NC=O)c2)O1. The van der Waals surface area contributed by atoms with Crippen molar-refractivity contribution in [3.05, 3.63) is 53.6 Å². The Morgan fingerprint density at radius 3 is 2.96 bits per heavy atom. The molecule has 3 N–H and O–H groups in total. The number of hydrogen-bond donors (Lipinski definition) is 3. The van der Waals surface area contributed by atoms with Crippen LogP contribution in [-0.2, 0) is 16.0 Å². The average Bonchev–Trinajstić information content (AvgIpc) is 3.14. The summed E-state index contributed by atoms with van der Waals surface area (Å²) in [6.07, 6.45) is 1.17. The predicted molar refractivity (Wildman–Crippen MR) is 99.3 cm³/mol. The topological polar surface area (TPSA) is 79.8 Å². The Kier molecular flexibility index (Phi) is 5.75. The van der Waals surface area contributed by atoms with Gasteiger partial charge in [-0.05, 0) is 41.7 Å². The first-order valence-electron chi connectivity index (χ1n) is 8.66. The zero-order chi connectivity index (χ0) is 18.5. The molecule has 1 saturated heterocycles. The number of benzene rings is 2. The van der Waals surface area contributed by atoms with Gasteiger partial charge in [0.25, 0.3) is 0 Å². The first kappa shape index (κ1) is 18.2. The molecule has 3 rings (SSSR count). The van der Waals surface area contributed by atoms with Crippen molar-refractivity contribution in [1.29, 1.82) is 0 Å². The van der Waals surface area contributed by atoms with Crippen LogP contribution in [0.3, 0.4) is 0 Å². The second-order valence-electron chi connectivity index (χ2n) is 6.49. The molecule has 0 radical (unpaired) electrons. The Labute approximate surface area is 153 Å². The fourth-order valence-electron chi connectivity index (χ4n) is 3.29. The van der Waals surface area contributed by atoms with E-state index in [1.165, 1.54) is 0 Å². The molecule has 1 aliphatic rings. The summed E-state index contributed by atoms with van der Waals surface area (Å²) in [5.41, 5.74) is 2.44. The first-order chi connectivity index (χ1) is 12.6. The molecule has 1 heterocycles. The number of amides is 1. The molecule has 0 aliphatic carbocycles. The fourth-order valence-corrected chi connectivity index (χ4v) is 3.29. The normalized spacial score (nSPS) is 20.5. The van der Waals surface area contributed by atoms with Gasteiger partial charge in [0.05, 0.1) is 18.9 Å². The van der Waals surface area contributed by atoms with E-state index in [2.05, 4.69) is 23.6 Å². The van der Waals surface area contributed by atoms with Gasteiger partial charge in [0.15, 0.2) is 0 Å². The number of para-hydroxylation sites is 1. The third kappa shape index (κ3) is 3.98. The van der Waals surface area contributed by atoms with Crippen LogP contribution in [0.15, 0.2) is 42.5 Å². The summed E-state index contributed by atoms with van der Waals surface area (Å²) < 4.78 is 11.6. The van der Waals surface area contributed by atoms with Crippen molar-refractivity contribution in [2.45, 2.75) is 25.7 Å². The molecule has 0 spiro atoms. The van der Waals surface area contributed by atoms with Crippen LogP contribution in [0.5, 0.6) is 11.5 Å². The highest BCUT2D eigenvalue weighted by Crippen LogP contribution is 2.32. The molecular formula is C20H24N2O4. The van der Waals surface area contributed by atoms with Crippen LogP contribution in [0.1, 0.15) is 24.2 Å². The number of nitrogens with one attached hydrogen (secondary N) is 2. The average molecular weight is 356 g/mol. The number of methoxy groups -OCH3 is 1. The smallest absolute Gasteiger partial charge is 0.211 e. The highest BCUT2D eigenvalue weighted by molar-refractivity contribution is 5.75. The van der Waals surface area contributed by atoms with Gasteiger partial charge in [0, 0.05) is 6.54 Å². The molecule has 6 heteroatoms. The van der Waals surface area contributed by atoms with Gasteiger partial charge >= 0.3 is 0 Å². The molecule has 0 bridgehead atoms. The standard InChI is InChI=1S/C20H24N2O4/c1-13(9-14-5-3-4-6-18(14)25-2)20-21-11-19(26-20)15-7-8-17(24)16(10-15)22-12-23/h3-8,10,12-13,19-21,24H,9,11H2,1-2H3,(H,22,23)/t13-,19+,20?/m1/s1.